The van der Waals surface area contributed by atoms with Crippen molar-refractivity contribution in [1.82, 2.24) is 10.2 Å². The molecule has 0 fully saturated rings. The first-order chi connectivity index (χ1) is 11.6. The van der Waals surface area contributed by atoms with Gasteiger partial charge in [-0.2, -0.15) is 5.10 Å². The monoisotopic (exact) mass is 343 g/mol. The summed E-state index contributed by atoms with van der Waals surface area (Å²) >= 11 is 6.41. The second-order valence-electron chi connectivity index (χ2n) is 5.97. The predicted octanol–water partition coefficient (Wildman–Crippen LogP) is 4.05. The van der Waals surface area contributed by atoms with Gasteiger partial charge in [0.25, 0.3) is 5.56 Å². The third-order valence-electron chi connectivity index (χ3n) is 4.60. The van der Waals surface area contributed by atoms with Crippen molar-refractivity contribution in [2.75, 3.05) is 5.32 Å². The molecule has 0 aliphatic carbocycles. The molecule has 2 aromatic carbocycles. The third kappa shape index (κ3) is 2.19. The van der Waals surface area contributed by atoms with E-state index in [4.69, 9.17) is 11.6 Å². The number of aromatic nitrogens is 2. The number of H-pyrrole nitrogens is 1. The Bertz CT molecular complexity index is 1000. The summed E-state index contributed by atoms with van der Waals surface area (Å²) in [5.41, 5.74) is 1.87. The van der Waals surface area contributed by atoms with Gasteiger partial charge in [-0.25, -0.2) is 9.49 Å². The number of rotatable bonds is 2. The first-order valence-electron chi connectivity index (χ1n) is 7.83. The van der Waals surface area contributed by atoms with Gasteiger partial charge in [-0.3, -0.25) is 4.79 Å². The van der Waals surface area contributed by atoms with Gasteiger partial charge in [0.05, 0.1) is 17.0 Å². The first-order valence-corrected chi connectivity index (χ1v) is 8.20. The molecule has 0 saturated heterocycles. The van der Waals surface area contributed by atoms with Crippen LogP contribution in [0.4, 0.5) is 10.1 Å². The fraction of sp³-hybridized carbons (Fsp3) is 0.222. The predicted molar refractivity (Wildman–Crippen MR) is 93.3 cm³/mol. The van der Waals surface area contributed by atoms with E-state index < -0.39 is 11.4 Å². The van der Waals surface area contributed by atoms with Gasteiger partial charge in [-0.15, -0.1) is 0 Å². The van der Waals surface area contributed by atoms with Gasteiger partial charge >= 0.3 is 0 Å². The lowest BCUT2D eigenvalue weighted by Crippen LogP contribution is -2.33. The van der Waals surface area contributed by atoms with E-state index >= 15 is 0 Å². The summed E-state index contributed by atoms with van der Waals surface area (Å²) in [6.45, 7) is 2.05. The molecule has 122 valence electrons. The molecule has 4 nitrogen and oxygen atoms in total. The Labute approximate surface area is 142 Å². The Morgan fingerprint density at radius 2 is 2.08 bits per heavy atom. The second kappa shape index (κ2) is 5.60. The molecule has 0 unspecified atom stereocenters. The van der Waals surface area contributed by atoms with Crippen molar-refractivity contribution in [3.05, 3.63) is 68.8 Å². The van der Waals surface area contributed by atoms with E-state index in [0.29, 0.717) is 21.5 Å². The van der Waals surface area contributed by atoms with Crippen LogP contribution in [0.15, 0.2) is 41.2 Å². The maximum Gasteiger partial charge on any atom is 0.272 e. The molecular weight excluding hydrogens is 329 g/mol. The van der Waals surface area contributed by atoms with Crippen LogP contribution in [0.5, 0.6) is 0 Å². The van der Waals surface area contributed by atoms with E-state index in [-0.39, 0.29) is 12.0 Å². The lowest BCUT2D eigenvalue weighted by molar-refractivity contribution is 0.587. The largest absolute Gasteiger partial charge is 0.381 e. The SMILES string of the molecule is CC[C@H]1Nc2cc(F)cc3c(=O)[nH]nc(c23)[C@@H]1c1ccccc1Cl. The number of hydrogen-bond donors (Lipinski definition) is 2. The Morgan fingerprint density at radius 1 is 1.29 bits per heavy atom. The Hall–Kier alpha value is -2.40. The number of aromatic amines is 1. The zero-order valence-electron chi connectivity index (χ0n) is 12.9. The summed E-state index contributed by atoms with van der Waals surface area (Å²) in [6, 6.07) is 10.3. The molecular formula is C18H15ClFN3O. The minimum Gasteiger partial charge on any atom is -0.381 e. The van der Waals surface area contributed by atoms with Gasteiger partial charge in [0.1, 0.15) is 5.82 Å². The van der Waals surface area contributed by atoms with Gasteiger partial charge < -0.3 is 5.32 Å². The molecule has 1 aliphatic rings. The summed E-state index contributed by atoms with van der Waals surface area (Å²) in [5.74, 6) is -0.570. The summed E-state index contributed by atoms with van der Waals surface area (Å²) in [7, 11) is 0. The van der Waals surface area contributed by atoms with Crippen LogP contribution >= 0.6 is 11.6 Å². The third-order valence-corrected chi connectivity index (χ3v) is 4.94. The zero-order chi connectivity index (χ0) is 16.8. The van der Waals surface area contributed by atoms with Gasteiger partial charge in [0.15, 0.2) is 0 Å². The summed E-state index contributed by atoms with van der Waals surface area (Å²) in [4.78, 5) is 12.1. The fourth-order valence-corrected chi connectivity index (χ4v) is 3.78. The molecule has 2 heterocycles. The van der Waals surface area contributed by atoms with E-state index in [0.717, 1.165) is 17.7 Å². The smallest absolute Gasteiger partial charge is 0.272 e. The Balaban J connectivity index is 2.07. The molecule has 6 heteroatoms. The Morgan fingerprint density at radius 3 is 2.83 bits per heavy atom. The molecule has 2 atom stereocenters. The summed E-state index contributed by atoms with van der Waals surface area (Å²) < 4.78 is 13.9. The molecule has 1 aromatic heterocycles. The molecule has 3 aromatic rings. The number of anilines is 1. The average Bonchev–Trinajstić information content (AvgIpc) is 2.57. The topological polar surface area (TPSA) is 57.8 Å². The Kier molecular flexibility index (Phi) is 3.53. The maximum absolute atomic E-state index is 13.9. The molecule has 24 heavy (non-hydrogen) atoms. The number of benzene rings is 2. The van der Waals surface area contributed by atoms with Crippen molar-refractivity contribution in [3.63, 3.8) is 0 Å². The van der Waals surface area contributed by atoms with E-state index in [1.165, 1.54) is 12.1 Å². The normalized spacial score (nSPS) is 19.3. The van der Waals surface area contributed by atoms with Crippen molar-refractivity contribution >= 4 is 28.1 Å². The van der Waals surface area contributed by atoms with Gasteiger partial charge in [-0.1, -0.05) is 36.7 Å². The van der Waals surface area contributed by atoms with Crippen molar-refractivity contribution in [1.29, 1.82) is 0 Å². The van der Waals surface area contributed by atoms with Crippen LogP contribution in [0.2, 0.25) is 5.02 Å². The molecule has 1 aliphatic heterocycles. The van der Waals surface area contributed by atoms with Crippen molar-refractivity contribution < 1.29 is 4.39 Å². The molecule has 0 radical (unpaired) electrons. The zero-order valence-corrected chi connectivity index (χ0v) is 13.7. The van der Waals surface area contributed by atoms with Crippen LogP contribution in [-0.4, -0.2) is 16.2 Å². The molecule has 4 rings (SSSR count). The van der Waals surface area contributed by atoms with Crippen molar-refractivity contribution in [3.8, 4) is 0 Å². The average molecular weight is 344 g/mol. The lowest BCUT2D eigenvalue weighted by Gasteiger charge is -2.34. The van der Waals surface area contributed by atoms with Crippen LogP contribution in [0, 0.1) is 5.82 Å². The van der Waals surface area contributed by atoms with Crippen LogP contribution in [-0.2, 0) is 0 Å². The van der Waals surface area contributed by atoms with Gasteiger partial charge in [0, 0.05) is 22.1 Å². The number of nitrogens with one attached hydrogen (secondary N) is 2. The molecule has 0 spiro atoms. The highest BCUT2D eigenvalue weighted by atomic mass is 35.5. The lowest BCUT2D eigenvalue weighted by atomic mass is 9.82. The van der Waals surface area contributed by atoms with E-state index in [1.807, 2.05) is 24.3 Å². The number of hydrogen-bond acceptors (Lipinski definition) is 3. The minimum atomic E-state index is -0.446. The van der Waals surface area contributed by atoms with Crippen LogP contribution in [0.3, 0.4) is 0 Å². The van der Waals surface area contributed by atoms with Crippen LogP contribution in [0.25, 0.3) is 10.8 Å². The number of halogens is 2. The number of nitrogens with zero attached hydrogens (tertiary/aromatic N) is 1. The minimum absolute atomic E-state index is 0.000743. The molecule has 0 bridgehead atoms. The first kappa shape index (κ1) is 15.1. The van der Waals surface area contributed by atoms with Crippen LogP contribution in [0.1, 0.15) is 30.5 Å². The summed E-state index contributed by atoms with van der Waals surface area (Å²) in [6.07, 6.45) is 0.800. The molecule has 2 N–H and O–H groups in total. The quantitative estimate of drug-likeness (QED) is 0.738. The van der Waals surface area contributed by atoms with Crippen LogP contribution < -0.4 is 10.9 Å². The standard InChI is InChI=1S/C18H15ClFN3O/c1-2-13-15(10-5-3-4-6-12(10)19)17-16-11(18(24)23-22-17)7-9(20)8-14(16)21-13/h3-8,13,15,21H,2H2,1H3,(H,23,24)/t13-,15-/m1/s1. The van der Waals surface area contributed by atoms with Crippen molar-refractivity contribution in [2.24, 2.45) is 0 Å². The highest BCUT2D eigenvalue weighted by Gasteiger charge is 2.34. The van der Waals surface area contributed by atoms with E-state index in [2.05, 4.69) is 22.4 Å². The van der Waals surface area contributed by atoms with E-state index in [1.54, 1.807) is 0 Å². The molecule has 0 saturated carbocycles. The summed E-state index contributed by atoms with van der Waals surface area (Å²) in [5, 5.41) is 11.8. The highest BCUT2D eigenvalue weighted by molar-refractivity contribution is 6.31. The highest BCUT2D eigenvalue weighted by Crippen LogP contribution is 2.42. The van der Waals surface area contributed by atoms with Gasteiger partial charge in [0.2, 0.25) is 0 Å². The maximum atomic E-state index is 13.9. The van der Waals surface area contributed by atoms with Gasteiger partial charge in [-0.05, 0) is 30.2 Å². The van der Waals surface area contributed by atoms with E-state index in [9.17, 15) is 9.18 Å². The molecule has 0 amide bonds. The van der Waals surface area contributed by atoms with Crippen molar-refractivity contribution in [2.45, 2.75) is 25.3 Å². The fourth-order valence-electron chi connectivity index (χ4n) is 3.53. The second-order valence-corrected chi connectivity index (χ2v) is 6.38.